The molecule has 6 heterocycles. The van der Waals surface area contributed by atoms with Crippen molar-refractivity contribution in [2.75, 3.05) is 19.9 Å². The Morgan fingerprint density at radius 3 is 1.21 bits per heavy atom. The first-order valence-electron chi connectivity index (χ1n) is 13.5. The number of ether oxygens (including phenoxy) is 10. The van der Waals surface area contributed by atoms with Crippen LogP contribution in [0.2, 0.25) is 0 Å². The minimum absolute atomic E-state index is 0.0680. The molecule has 6 aliphatic rings. The van der Waals surface area contributed by atoms with Crippen molar-refractivity contribution in [3.05, 3.63) is 0 Å². The molecule has 0 bridgehead atoms. The van der Waals surface area contributed by atoms with E-state index in [0.717, 1.165) is 0 Å². The smallest absolute Gasteiger partial charge is 0.327 e. The van der Waals surface area contributed by atoms with Crippen LogP contribution in [0.25, 0.3) is 0 Å². The minimum atomic E-state index is -3.57. The number of fused-ring (bicyclic) bond motifs is 6. The molecular formula is C25H41O13P. The Labute approximate surface area is 228 Å². The third kappa shape index (κ3) is 5.73. The lowest BCUT2D eigenvalue weighted by Crippen LogP contribution is -2.56. The normalized spacial score (nSPS) is 46.9. The Morgan fingerprint density at radius 2 is 0.821 bits per heavy atom. The summed E-state index contributed by atoms with van der Waals surface area (Å²) in [5.74, 6) is -3.37. The summed E-state index contributed by atoms with van der Waals surface area (Å²) in [6.07, 6.45) is -5.41. The molecule has 0 saturated carbocycles. The maximum Gasteiger partial charge on any atom is 0.327 e. The number of hydrogen-bond acceptors (Lipinski definition) is 13. The lowest BCUT2D eigenvalue weighted by Gasteiger charge is -2.38. The van der Waals surface area contributed by atoms with Crippen LogP contribution in [0.15, 0.2) is 0 Å². The van der Waals surface area contributed by atoms with E-state index < -0.39 is 92.2 Å². The maximum atomic E-state index is 13.4. The molecular weight excluding hydrogens is 539 g/mol. The van der Waals surface area contributed by atoms with Gasteiger partial charge in [0.05, 0.1) is 13.2 Å². The lowest BCUT2D eigenvalue weighted by molar-refractivity contribution is -0.241. The van der Waals surface area contributed by atoms with E-state index in [1.807, 2.05) is 55.4 Å². The van der Waals surface area contributed by atoms with Crippen molar-refractivity contribution in [3.8, 4) is 0 Å². The molecule has 0 aliphatic carbocycles. The third-order valence-electron chi connectivity index (χ3n) is 7.45. The molecule has 224 valence electrons. The highest BCUT2D eigenvalue weighted by atomic mass is 31.2. The van der Waals surface area contributed by atoms with Crippen molar-refractivity contribution >= 4 is 7.60 Å². The first-order valence-corrected chi connectivity index (χ1v) is 15.5. The van der Waals surface area contributed by atoms with Gasteiger partial charge in [-0.2, -0.15) is 0 Å². The molecule has 6 rings (SSSR count). The first kappa shape index (κ1) is 28.9. The average Bonchev–Trinajstić information content (AvgIpc) is 3.47. The molecule has 0 N–H and O–H groups in total. The quantitative estimate of drug-likeness (QED) is 0.428. The van der Waals surface area contributed by atoms with Crippen LogP contribution in [0.5, 0.6) is 0 Å². The van der Waals surface area contributed by atoms with Crippen LogP contribution in [-0.2, 0) is 61.0 Å². The van der Waals surface area contributed by atoms with Gasteiger partial charge in [0.1, 0.15) is 48.8 Å². The Kier molecular flexibility index (Phi) is 6.93. The zero-order valence-corrected chi connectivity index (χ0v) is 24.8. The van der Waals surface area contributed by atoms with Crippen molar-refractivity contribution in [1.82, 2.24) is 0 Å². The largest absolute Gasteiger partial charge is 0.342 e. The van der Waals surface area contributed by atoms with E-state index >= 15 is 0 Å². The van der Waals surface area contributed by atoms with Gasteiger partial charge in [-0.1, -0.05) is 0 Å². The van der Waals surface area contributed by atoms with E-state index in [0.29, 0.717) is 0 Å². The Balaban J connectivity index is 1.09. The molecule has 14 heteroatoms. The third-order valence-corrected chi connectivity index (χ3v) is 8.68. The van der Waals surface area contributed by atoms with Gasteiger partial charge in [0.15, 0.2) is 35.7 Å². The molecule has 6 saturated heterocycles. The fourth-order valence-electron chi connectivity index (χ4n) is 6.11. The molecule has 0 aromatic rings. The van der Waals surface area contributed by atoms with Crippen LogP contribution in [0, 0.1) is 0 Å². The summed E-state index contributed by atoms with van der Waals surface area (Å²) in [5, 5.41) is 0. The molecule has 0 unspecified atom stereocenters. The van der Waals surface area contributed by atoms with E-state index in [1.54, 1.807) is 0 Å². The topological polar surface area (TPSA) is 128 Å². The number of rotatable bonds is 6. The number of hydrogen-bond donors (Lipinski definition) is 0. The summed E-state index contributed by atoms with van der Waals surface area (Å²) >= 11 is 0. The average molecular weight is 581 g/mol. The molecule has 0 aromatic heterocycles. The van der Waals surface area contributed by atoms with E-state index in [1.165, 1.54) is 6.66 Å². The molecule has 0 spiro atoms. The van der Waals surface area contributed by atoms with Gasteiger partial charge in [0.25, 0.3) is 0 Å². The Hall–Kier alpha value is -0.250. The van der Waals surface area contributed by atoms with Gasteiger partial charge in [-0.15, -0.1) is 0 Å². The van der Waals surface area contributed by atoms with Crippen molar-refractivity contribution in [2.24, 2.45) is 0 Å². The molecule has 0 aromatic carbocycles. The van der Waals surface area contributed by atoms with Gasteiger partial charge in [-0.3, -0.25) is 4.57 Å². The fourth-order valence-corrected chi connectivity index (χ4v) is 7.02. The summed E-state index contributed by atoms with van der Waals surface area (Å²) in [5.41, 5.74) is 0. The fraction of sp³-hybridized carbons (Fsp3) is 1.00. The summed E-state index contributed by atoms with van der Waals surface area (Å²) < 4.78 is 85.7. The Bertz CT molecular complexity index is 926. The lowest BCUT2D eigenvalue weighted by atomic mass is 9.99. The van der Waals surface area contributed by atoms with Crippen molar-refractivity contribution < 1.29 is 61.0 Å². The van der Waals surface area contributed by atoms with Crippen molar-refractivity contribution in [2.45, 2.75) is 140 Å². The van der Waals surface area contributed by atoms with Crippen molar-refractivity contribution in [3.63, 3.8) is 0 Å². The summed E-state index contributed by atoms with van der Waals surface area (Å²) in [7, 11) is -3.57. The van der Waals surface area contributed by atoms with Crippen LogP contribution < -0.4 is 0 Å². The van der Waals surface area contributed by atoms with Gasteiger partial charge >= 0.3 is 7.60 Å². The highest BCUT2D eigenvalue weighted by Crippen LogP contribution is 2.49. The van der Waals surface area contributed by atoms with E-state index in [4.69, 9.17) is 56.4 Å². The highest BCUT2D eigenvalue weighted by molar-refractivity contribution is 7.52. The van der Waals surface area contributed by atoms with Crippen LogP contribution in [-0.4, -0.2) is 104 Å². The highest BCUT2D eigenvalue weighted by Gasteiger charge is 2.62. The molecule has 6 fully saturated rings. The van der Waals surface area contributed by atoms with Crippen LogP contribution in [0.3, 0.4) is 0 Å². The van der Waals surface area contributed by atoms with Gasteiger partial charge < -0.3 is 56.4 Å². The predicted molar refractivity (Wildman–Crippen MR) is 130 cm³/mol. The van der Waals surface area contributed by atoms with Crippen LogP contribution in [0.4, 0.5) is 0 Å². The molecule has 39 heavy (non-hydrogen) atoms. The van der Waals surface area contributed by atoms with Crippen molar-refractivity contribution in [1.29, 1.82) is 0 Å². The van der Waals surface area contributed by atoms with E-state index in [9.17, 15) is 4.57 Å². The van der Waals surface area contributed by atoms with Gasteiger partial charge in [-0.25, -0.2) is 0 Å². The van der Waals surface area contributed by atoms with E-state index in [2.05, 4.69) is 0 Å². The molecule has 13 nitrogen and oxygen atoms in total. The summed E-state index contributed by atoms with van der Waals surface area (Å²) in [6, 6.07) is 0. The second-order valence-corrected chi connectivity index (χ2v) is 14.8. The Morgan fingerprint density at radius 1 is 0.513 bits per heavy atom. The molecule has 6 aliphatic heterocycles. The standard InChI is InChI=1S/C25H41O13P/c1-22(2)31-14-12(29-20-18(16(14)33-22)35-24(5,6)37-20)10-27-39(9,26)28-11-13-15-17(34-23(3,4)32-15)19-21(30-13)38-25(7,8)36-19/h12-21H,10-11H2,1-9H3/t12-,13-,14+,15+,16+,17+,18-,19-,20-,21-/m1/s1. The van der Waals surface area contributed by atoms with Crippen LogP contribution >= 0.6 is 7.60 Å². The zero-order chi connectivity index (χ0) is 28.2. The molecule has 10 atom stereocenters. The predicted octanol–water partition coefficient (Wildman–Crippen LogP) is 2.64. The monoisotopic (exact) mass is 580 g/mol. The van der Waals surface area contributed by atoms with Gasteiger partial charge in [-0.05, 0) is 55.4 Å². The molecule has 0 radical (unpaired) electrons. The SMILES string of the molecule is CC1(C)O[C@H]2[C@@H](O1)[C@@H](COP(C)(=O)OC[C@H]1O[C@@H]3OC(C)(C)O[C@@H]3[C@H]3OC(C)(C)O[C@H]31)O[C@@H]1OC(C)(C)O[C@@H]12. The minimum Gasteiger partial charge on any atom is -0.342 e. The maximum absolute atomic E-state index is 13.4. The summed E-state index contributed by atoms with van der Waals surface area (Å²) in [4.78, 5) is 0. The van der Waals surface area contributed by atoms with Gasteiger partial charge in [0, 0.05) is 6.66 Å². The van der Waals surface area contributed by atoms with Gasteiger partial charge in [0.2, 0.25) is 0 Å². The first-order chi connectivity index (χ1) is 17.9. The molecule has 0 amide bonds. The van der Waals surface area contributed by atoms with Crippen LogP contribution in [0.1, 0.15) is 55.4 Å². The summed E-state index contributed by atoms with van der Waals surface area (Å²) in [6.45, 7) is 15.8. The zero-order valence-electron chi connectivity index (χ0n) is 23.9. The second kappa shape index (κ2) is 9.37. The second-order valence-electron chi connectivity index (χ2n) is 12.8. The van der Waals surface area contributed by atoms with E-state index in [-0.39, 0.29) is 13.2 Å².